The molecular formula is C9H8ClFO. The van der Waals surface area contributed by atoms with E-state index in [0.29, 0.717) is 11.1 Å². The maximum Gasteiger partial charge on any atom is 0.161 e. The third kappa shape index (κ3) is 1.64. The van der Waals surface area contributed by atoms with Gasteiger partial charge in [0.2, 0.25) is 0 Å². The lowest BCUT2D eigenvalue weighted by Gasteiger charge is -2.02. The van der Waals surface area contributed by atoms with Gasteiger partial charge < -0.3 is 0 Å². The van der Waals surface area contributed by atoms with Crippen LogP contribution in [0.3, 0.4) is 0 Å². The van der Waals surface area contributed by atoms with E-state index in [1.165, 1.54) is 13.0 Å². The molecule has 0 unspecified atom stereocenters. The summed E-state index contributed by atoms with van der Waals surface area (Å²) < 4.78 is 12.8. The minimum atomic E-state index is -0.384. The smallest absolute Gasteiger partial charge is 0.161 e. The Balaban J connectivity index is 3.33. The monoisotopic (exact) mass is 186 g/mol. The van der Waals surface area contributed by atoms with Crippen LogP contribution in [0.25, 0.3) is 0 Å². The molecule has 1 aromatic carbocycles. The fraction of sp³-hybridized carbons (Fsp3) is 0.222. The van der Waals surface area contributed by atoms with Crippen molar-refractivity contribution in [1.29, 1.82) is 0 Å². The van der Waals surface area contributed by atoms with Crippen molar-refractivity contribution in [2.45, 2.75) is 13.8 Å². The first-order valence-electron chi connectivity index (χ1n) is 3.49. The van der Waals surface area contributed by atoms with Crippen molar-refractivity contribution in [3.05, 3.63) is 34.1 Å². The highest BCUT2D eigenvalue weighted by Crippen LogP contribution is 2.20. The van der Waals surface area contributed by atoms with Crippen LogP contribution in [-0.2, 0) is 0 Å². The van der Waals surface area contributed by atoms with Crippen LogP contribution < -0.4 is 0 Å². The highest BCUT2D eigenvalue weighted by Gasteiger charge is 2.08. The van der Waals surface area contributed by atoms with Gasteiger partial charge in [0, 0.05) is 5.56 Å². The first kappa shape index (κ1) is 9.20. The van der Waals surface area contributed by atoms with E-state index in [9.17, 15) is 9.18 Å². The molecule has 0 spiro atoms. The number of hydrogen-bond donors (Lipinski definition) is 0. The van der Waals surface area contributed by atoms with Gasteiger partial charge in [0.15, 0.2) is 5.78 Å². The summed E-state index contributed by atoms with van der Waals surface area (Å²) in [6, 6.07) is 2.62. The molecule has 12 heavy (non-hydrogen) atoms. The Morgan fingerprint density at radius 1 is 1.50 bits per heavy atom. The van der Waals surface area contributed by atoms with E-state index in [1.54, 1.807) is 6.92 Å². The topological polar surface area (TPSA) is 17.1 Å². The van der Waals surface area contributed by atoms with Crippen molar-refractivity contribution >= 4 is 17.4 Å². The Hall–Kier alpha value is -0.890. The van der Waals surface area contributed by atoms with Gasteiger partial charge in [-0.15, -0.1) is 0 Å². The highest BCUT2D eigenvalue weighted by atomic mass is 35.5. The highest BCUT2D eigenvalue weighted by molar-refractivity contribution is 6.33. The molecule has 0 aromatic heterocycles. The number of halogens is 2. The molecule has 1 aromatic rings. The standard InChI is InChI=1S/C9H8ClFO/c1-5-3-7(6(2)12)8(10)4-9(5)11/h3-4H,1-2H3. The van der Waals surface area contributed by atoms with Gasteiger partial charge >= 0.3 is 0 Å². The summed E-state index contributed by atoms with van der Waals surface area (Å²) in [4.78, 5) is 10.9. The first-order chi connectivity index (χ1) is 5.52. The lowest BCUT2D eigenvalue weighted by molar-refractivity contribution is 0.101. The van der Waals surface area contributed by atoms with Crippen LogP contribution >= 0.6 is 11.6 Å². The van der Waals surface area contributed by atoms with Crippen LogP contribution in [0.15, 0.2) is 12.1 Å². The van der Waals surface area contributed by atoms with Crippen LogP contribution in [0.5, 0.6) is 0 Å². The Bertz CT molecular complexity index is 334. The van der Waals surface area contributed by atoms with Crippen molar-refractivity contribution < 1.29 is 9.18 Å². The summed E-state index contributed by atoms with van der Waals surface area (Å²) in [5.41, 5.74) is 0.806. The average molecular weight is 187 g/mol. The third-order valence-corrected chi connectivity index (χ3v) is 1.94. The number of carbonyl (C=O) groups is 1. The molecule has 3 heteroatoms. The van der Waals surface area contributed by atoms with E-state index in [2.05, 4.69) is 0 Å². The van der Waals surface area contributed by atoms with Gasteiger partial charge in [0.25, 0.3) is 0 Å². The number of ketones is 1. The van der Waals surface area contributed by atoms with E-state index in [0.717, 1.165) is 6.07 Å². The number of aryl methyl sites for hydroxylation is 1. The molecule has 0 aliphatic carbocycles. The largest absolute Gasteiger partial charge is 0.294 e. The number of rotatable bonds is 1. The minimum Gasteiger partial charge on any atom is -0.294 e. The van der Waals surface area contributed by atoms with E-state index < -0.39 is 0 Å². The molecule has 0 bridgehead atoms. The molecule has 0 heterocycles. The predicted molar refractivity (Wildman–Crippen MR) is 46.2 cm³/mol. The van der Waals surface area contributed by atoms with E-state index in [-0.39, 0.29) is 16.6 Å². The van der Waals surface area contributed by atoms with Crippen LogP contribution in [0.4, 0.5) is 4.39 Å². The molecule has 0 fully saturated rings. The lowest BCUT2D eigenvalue weighted by atomic mass is 10.1. The summed E-state index contributed by atoms with van der Waals surface area (Å²) in [6.45, 7) is 3.00. The molecule has 64 valence electrons. The molecule has 0 saturated carbocycles. The summed E-state index contributed by atoms with van der Waals surface area (Å²) >= 11 is 5.64. The van der Waals surface area contributed by atoms with Crippen molar-refractivity contribution in [3.8, 4) is 0 Å². The molecule has 0 radical (unpaired) electrons. The second-order valence-electron chi connectivity index (χ2n) is 2.64. The molecule has 0 aliphatic rings. The summed E-state index contributed by atoms with van der Waals surface area (Å²) in [5, 5.41) is 0.172. The van der Waals surface area contributed by atoms with Crippen molar-refractivity contribution in [2.24, 2.45) is 0 Å². The molecule has 0 N–H and O–H groups in total. The first-order valence-corrected chi connectivity index (χ1v) is 3.86. The quantitative estimate of drug-likeness (QED) is 0.617. The minimum absolute atomic E-state index is 0.150. The summed E-state index contributed by atoms with van der Waals surface area (Å²) in [6.07, 6.45) is 0. The fourth-order valence-corrected chi connectivity index (χ4v) is 1.21. The Morgan fingerprint density at radius 3 is 2.58 bits per heavy atom. The lowest BCUT2D eigenvalue weighted by Crippen LogP contribution is -1.95. The second kappa shape index (κ2) is 3.23. The van der Waals surface area contributed by atoms with Crippen LogP contribution in [0.2, 0.25) is 5.02 Å². The SMILES string of the molecule is CC(=O)c1cc(C)c(F)cc1Cl. The number of carbonyl (C=O) groups excluding carboxylic acids is 1. The van der Waals surface area contributed by atoms with Gasteiger partial charge in [-0.2, -0.15) is 0 Å². The molecule has 1 nitrogen and oxygen atoms in total. The van der Waals surface area contributed by atoms with Crippen LogP contribution in [0, 0.1) is 12.7 Å². The van der Waals surface area contributed by atoms with Crippen LogP contribution in [-0.4, -0.2) is 5.78 Å². The molecular weight excluding hydrogens is 179 g/mol. The number of benzene rings is 1. The average Bonchev–Trinajstić information content (AvgIpc) is 1.96. The van der Waals surface area contributed by atoms with Gasteiger partial charge in [-0.25, -0.2) is 4.39 Å². The van der Waals surface area contributed by atoms with Gasteiger partial charge in [-0.1, -0.05) is 11.6 Å². The summed E-state index contributed by atoms with van der Waals surface area (Å²) in [5.74, 6) is -0.534. The molecule has 0 amide bonds. The molecule has 0 saturated heterocycles. The third-order valence-electron chi connectivity index (χ3n) is 1.63. The molecule has 0 atom stereocenters. The summed E-state index contributed by atoms with van der Waals surface area (Å²) in [7, 11) is 0. The van der Waals surface area contributed by atoms with Crippen LogP contribution in [0.1, 0.15) is 22.8 Å². The van der Waals surface area contributed by atoms with Gasteiger partial charge in [-0.3, -0.25) is 4.79 Å². The van der Waals surface area contributed by atoms with Gasteiger partial charge in [0.05, 0.1) is 5.02 Å². The Morgan fingerprint density at radius 2 is 2.08 bits per heavy atom. The number of Topliss-reactive ketones (excluding diaryl/α,β-unsaturated/α-hetero) is 1. The predicted octanol–water partition coefficient (Wildman–Crippen LogP) is 2.99. The normalized spacial score (nSPS) is 10.0. The van der Waals surface area contributed by atoms with Gasteiger partial charge in [0.1, 0.15) is 5.82 Å². The van der Waals surface area contributed by atoms with E-state index in [1.807, 2.05) is 0 Å². The Kier molecular flexibility index (Phi) is 2.48. The molecule has 1 rings (SSSR count). The maximum absolute atomic E-state index is 12.8. The zero-order chi connectivity index (χ0) is 9.30. The van der Waals surface area contributed by atoms with Gasteiger partial charge in [-0.05, 0) is 31.5 Å². The zero-order valence-corrected chi connectivity index (χ0v) is 7.57. The number of hydrogen-bond acceptors (Lipinski definition) is 1. The van der Waals surface area contributed by atoms with E-state index in [4.69, 9.17) is 11.6 Å². The Labute approximate surface area is 75.2 Å². The molecule has 0 aliphatic heterocycles. The van der Waals surface area contributed by atoms with E-state index >= 15 is 0 Å². The second-order valence-corrected chi connectivity index (χ2v) is 3.04. The van der Waals surface area contributed by atoms with Crippen molar-refractivity contribution in [2.75, 3.05) is 0 Å². The fourth-order valence-electron chi connectivity index (χ4n) is 0.927. The maximum atomic E-state index is 12.8. The zero-order valence-electron chi connectivity index (χ0n) is 6.82. The van der Waals surface area contributed by atoms with Crippen molar-refractivity contribution in [1.82, 2.24) is 0 Å². The van der Waals surface area contributed by atoms with Crippen molar-refractivity contribution in [3.63, 3.8) is 0 Å².